The van der Waals surface area contributed by atoms with E-state index in [1.807, 2.05) is 0 Å². The average molecular weight is 242 g/mol. The Kier molecular flexibility index (Phi) is 4.42. The molecule has 4 heteroatoms. The van der Waals surface area contributed by atoms with Crippen molar-refractivity contribution in [3.05, 3.63) is 0 Å². The van der Waals surface area contributed by atoms with E-state index in [1.54, 1.807) is 0 Å². The van der Waals surface area contributed by atoms with Crippen LogP contribution in [-0.4, -0.2) is 72.5 Å². The van der Waals surface area contributed by atoms with Crippen molar-refractivity contribution >= 4 is 0 Å². The second-order valence-corrected chi connectivity index (χ2v) is 5.90. The second kappa shape index (κ2) is 5.65. The lowest BCUT2D eigenvalue weighted by Crippen LogP contribution is -2.54. The fourth-order valence-corrected chi connectivity index (χ4v) is 2.75. The Morgan fingerprint density at radius 1 is 1.24 bits per heavy atom. The largest absolute Gasteiger partial charge is 0.392 e. The molecule has 17 heavy (non-hydrogen) atoms. The molecule has 0 bridgehead atoms. The zero-order valence-corrected chi connectivity index (χ0v) is 11.2. The van der Waals surface area contributed by atoms with E-state index in [1.165, 1.54) is 0 Å². The Bertz CT molecular complexity index is 240. The number of aliphatic hydroxyl groups is 1. The van der Waals surface area contributed by atoms with Crippen molar-refractivity contribution in [2.24, 2.45) is 0 Å². The highest BCUT2D eigenvalue weighted by Gasteiger charge is 2.33. The van der Waals surface area contributed by atoms with Crippen molar-refractivity contribution in [2.75, 3.05) is 45.9 Å². The summed E-state index contributed by atoms with van der Waals surface area (Å²) >= 11 is 0. The number of β-amino-alcohol motifs (C(OH)–C–C–N with tert-alkyl or cyclic N) is 1. The summed E-state index contributed by atoms with van der Waals surface area (Å²) in [4.78, 5) is 4.90. The standard InChI is InChI=1S/C13H26N2O2/c1-13(2)4-3-12(16)11-15(13)6-5-14-7-9-17-10-8-14/h12,16H,3-11H2,1-2H3. The monoisotopic (exact) mass is 242 g/mol. The van der Waals surface area contributed by atoms with Crippen molar-refractivity contribution in [1.82, 2.24) is 9.80 Å². The highest BCUT2D eigenvalue weighted by atomic mass is 16.5. The molecule has 2 rings (SSSR count). The molecule has 0 radical (unpaired) electrons. The summed E-state index contributed by atoms with van der Waals surface area (Å²) < 4.78 is 5.35. The van der Waals surface area contributed by atoms with Crippen molar-refractivity contribution in [3.8, 4) is 0 Å². The molecule has 0 aromatic rings. The van der Waals surface area contributed by atoms with Gasteiger partial charge in [0.2, 0.25) is 0 Å². The topological polar surface area (TPSA) is 35.9 Å². The highest BCUT2D eigenvalue weighted by molar-refractivity contribution is 4.89. The summed E-state index contributed by atoms with van der Waals surface area (Å²) in [7, 11) is 0. The Morgan fingerprint density at radius 3 is 2.65 bits per heavy atom. The minimum absolute atomic E-state index is 0.132. The summed E-state index contributed by atoms with van der Waals surface area (Å²) in [6.07, 6.45) is 1.91. The van der Waals surface area contributed by atoms with Gasteiger partial charge in [0.05, 0.1) is 19.3 Å². The Morgan fingerprint density at radius 2 is 1.94 bits per heavy atom. The van der Waals surface area contributed by atoms with Crippen LogP contribution < -0.4 is 0 Å². The number of morpholine rings is 1. The molecule has 4 nitrogen and oxygen atoms in total. The summed E-state index contributed by atoms with van der Waals surface area (Å²) in [6.45, 7) is 11.4. The molecule has 2 fully saturated rings. The summed E-state index contributed by atoms with van der Waals surface area (Å²) in [5, 5.41) is 9.77. The van der Waals surface area contributed by atoms with E-state index in [0.29, 0.717) is 0 Å². The van der Waals surface area contributed by atoms with Gasteiger partial charge in [0.25, 0.3) is 0 Å². The number of hydrogen-bond acceptors (Lipinski definition) is 4. The smallest absolute Gasteiger partial charge is 0.0668 e. The number of ether oxygens (including phenoxy) is 1. The molecular weight excluding hydrogens is 216 g/mol. The lowest BCUT2D eigenvalue weighted by atomic mass is 9.89. The number of likely N-dealkylation sites (tertiary alicyclic amines) is 1. The average Bonchev–Trinajstić information content (AvgIpc) is 2.32. The van der Waals surface area contributed by atoms with Gasteiger partial charge in [-0.05, 0) is 26.7 Å². The molecule has 2 saturated heterocycles. The van der Waals surface area contributed by atoms with Gasteiger partial charge in [0.15, 0.2) is 0 Å². The molecule has 0 aromatic carbocycles. The molecule has 0 amide bonds. The fraction of sp³-hybridized carbons (Fsp3) is 1.00. The Balaban J connectivity index is 1.79. The number of piperidine rings is 1. The lowest BCUT2D eigenvalue weighted by molar-refractivity contribution is -0.0182. The Labute approximate surface area is 105 Å². The van der Waals surface area contributed by atoms with Gasteiger partial charge in [-0.15, -0.1) is 0 Å². The second-order valence-electron chi connectivity index (χ2n) is 5.90. The predicted molar refractivity (Wildman–Crippen MR) is 68.2 cm³/mol. The third kappa shape index (κ3) is 3.65. The van der Waals surface area contributed by atoms with Gasteiger partial charge in [-0.3, -0.25) is 9.80 Å². The molecule has 0 saturated carbocycles. The molecule has 0 spiro atoms. The third-order valence-electron chi connectivity index (χ3n) is 4.17. The van der Waals surface area contributed by atoms with Crippen LogP contribution >= 0.6 is 0 Å². The van der Waals surface area contributed by atoms with E-state index in [-0.39, 0.29) is 11.6 Å². The van der Waals surface area contributed by atoms with Crippen LogP contribution in [0.15, 0.2) is 0 Å². The first kappa shape index (κ1) is 13.3. The van der Waals surface area contributed by atoms with Gasteiger partial charge in [-0.25, -0.2) is 0 Å². The van der Waals surface area contributed by atoms with Gasteiger partial charge in [0, 0.05) is 38.3 Å². The SMILES string of the molecule is CC1(C)CCC(O)CN1CCN1CCOCC1. The van der Waals surface area contributed by atoms with Crippen LogP contribution in [0.25, 0.3) is 0 Å². The minimum Gasteiger partial charge on any atom is -0.392 e. The molecule has 1 N–H and O–H groups in total. The first-order valence-electron chi connectivity index (χ1n) is 6.81. The van der Waals surface area contributed by atoms with Crippen LogP contribution in [0.5, 0.6) is 0 Å². The van der Waals surface area contributed by atoms with Crippen LogP contribution in [0, 0.1) is 0 Å². The fourth-order valence-electron chi connectivity index (χ4n) is 2.75. The molecule has 2 aliphatic heterocycles. The van der Waals surface area contributed by atoms with Crippen molar-refractivity contribution in [1.29, 1.82) is 0 Å². The molecule has 0 aliphatic carbocycles. The maximum atomic E-state index is 9.77. The minimum atomic E-state index is -0.132. The van der Waals surface area contributed by atoms with Crippen LogP contribution in [0.1, 0.15) is 26.7 Å². The lowest BCUT2D eigenvalue weighted by Gasteiger charge is -2.45. The zero-order chi connectivity index (χ0) is 12.3. The van der Waals surface area contributed by atoms with Crippen molar-refractivity contribution in [3.63, 3.8) is 0 Å². The van der Waals surface area contributed by atoms with Crippen LogP contribution in [-0.2, 0) is 4.74 Å². The first-order chi connectivity index (χ1) is 8.08. The van der Waals surface area contributed by atoms with Gasteiger partial charge in [0.1, 0.15) is 0 Å². The summed E-state index contributed by atoms with van der Waals surface area (Å²) in [5.74, 6) is 0. The molecule has 100 valence electrons. The molecule has 2 heterocycles. The number of rotatable bonds is 3. The van der Waals surface area contributed by atoms with Crippen molar-refractivity contribution in [2.45, 2.75) is 38.3 Å². The van der Waals surface area contributed by atoms with E-state index >= 15 is 0 Å². The van der Waals surface area contributed by atoms with E-state index in [4.69, 9.17) is 4.74 Å². The summed E-state index contributed by atoms with van der Waals surface area (Å²) in [5.41, 5.74) is 0.242. The molecule has 0 aromatic heterocycles. The quantitative estimate of drug-likeness (QED) is 0.784. The van der Waals surface area contributed by atoms with Crippen LogP contribution in [0.3, 0.4) is 0 Å². The molecule has 2 aliphatic rings. The Hall–Kier alpha value is -0.160. The van der Waals surface area contributed by atoms with Gasteiger partial charge < -0.3 is 9.84 Å². The van der Waals surface area contributed by atoms with E-state index in [9.17, 15) is 5.11 Å². The number of hydrogen-bond donors (Lipinski definition) is 1. The predicted octanol–water partition coefficient (Wildman–Crippen LogP) is 0.554. The molecular formula is C13H26N2O2. The maximum Gasteiger partial charge on any atom is 0.0668 e. The van der Waals surface area contributed by atoms with Crippen LogP contribution in [0.2, 0.25) is 0 Å². The number of aliphatic hydroxyl groups excluding tert-OH is 1. The molecule has 1 unspecified atom stereocenters. The number of nitrogens with zero attached hydrogens (tertiary/aromatic N) is 2. The summed E-state index contributed by atoms with van der Waals surface area (Å²) in [6, 6.07) is 0. The van der Waals surface area contributed by atoms with E-state index < -0.39 is 0 Å². The normalized spacial score (nSPS) is 31.6. The highest BCUT2D eigenvalue weighted by Crippen LogP contribution is 2.27. The van der Waals surface area contributed by atoms with Gasteiger partial charge in [-0.1, -0.05) is 0 Å². The zero-order valence-electron chi connectivity index (χ0n) is 11.2. The maximum absolute atomic E-state index is 9.77. The third-order valence-corrected chi connectivity index (χ3v) is 4.17. The van der Waals surface area contributed by atoms with Crippen molar-refractivity contribution < 1.29 is 9.84 Å². The van der Waals surface area contributed by atoms with Crippen LogP contribution in [0.4, 0.5) is 0 Å². The molecule has 1 atom stereocenters. The van der Waals surface area contributed by atoms with Gasteiger partial charge in [-0.2, -0.15) is 0 Å². The first-order valence-corrected chi connectivity index (χ1v) is 6.81. The van der Waals surface area contributed by atoms with E-state index in [2.05, 4.69) is 23.6 Å². The van der Waals surface area contributed by atoms with E-state index in [0.717, 1.165) is 58.8 Å². The van der Waals surface area contributed by atoms with Gasteiger partial charge >= 0.3 is 0 Å².